The molecule has 398 valence electrons. The highest BCUT2D eigenvalue weighted by Crippen LogP contribution is 2.54. The number of nitriles is 2. The van der Waals surface area contributed by atoms with Gasteiger partial charge in [-0.05, 0) is 200 Å². The molecule has 0 spiro atoms. The van der Waals surface area contributed by atoms with Crippen LogP contribution < -0.4 is 42.6 Å². The van der Waals surface area contributed by atoms with Gasteiger partial charge >= 0.3 is 0 Å². The maximum atomic E-state index is 11.2. The minimum atomic E-state index is -0.314. The van der Waals surface area contributed by atoms with Gasteiger partial charge in [-0.2, -0.15) is 10.5 Å². The molecule has 4 aliphatic rings. The first kappa shape index (κ1) is 49.3. The summed E-state index contributed by atoms with van der Waals surface area (Å²) < 4.78 is 0. The van der Waals surface area contributed by atoms with Gasteiger partial charge in [-0.15, -0.1) is 0 Å². The van der Waals surface area contributed by atoms with E-state index in [1.54, 1.807) is 0 Å². The molecule has 0 saturated heterocycles. The van der Waals surface area contributed by atoms with Gasteiger partial charge in [0.05, 0.1) is 36.4 Å². The van der Waals surface area contributed by atoms with Gasteiger partial charge in [0.25, 0.3) is 0 Å². The fourth-order valence-electron chi connectivity index (χ4n) is 15.6. The largest absolute Gasteiger partial charge is 0.313 e. The summed E-state index contributed by atoms with van der Waals surface area (Å²) in [7, 11) is 0. The Hall–Kier alpha value is -12.2. The molecule has 4 heterocycles. The third-order valence-corrected chi connectivity index (χ3v) is 19.0. The third kappa shape index (κ3) is 6.80. The number of hydrogen-bond donors (Lipinski definition) is 0. The quantitative estimate of drug-likeness (QED) is 0.0946. The van der Waals surface area contributed by atoms with E-state index in [-0.39, 0.29) is 13.4 Å². The van der Waals surface area contributed by atoms with E-state index in [1.165, 1.54) is 0 Å². The van der Waals surface area contributed by atoms with Gasteiger partial charge in [0.15, 0.2) is 11.4 Å². The lowest BCUT2D eigenvalue weighted by molar-refractivity contribution is 1.29. The van der Waals surface area contributed by atoms with Crippen molar-refractivity contribution in [3.63, 3.8) is 0 Å². The summed E-state index contributed by atoms with van der Waals surface area (Å²) in [5.41, 5.74) is 27.1. The van der Waals surface area contributed by atoms with Crippen molar-refractivity contribution in [3.8, 4) is 78.9 Å². The van der Waals surface area contributed by atoms with Crippen LogP contribution in [0.3, 0.4) is 0 Å². The molecular formula is C80H42B2N6. The number of hydrogen-bond acceptors (Lipinski definition) is 4. The van der Waals surface area contributed by atoms with Gasteiger partial charge in [-0.3, -0.25) is 0 Å². The predicted molar refractivity (Wildman–Crippen MR) is 363 cm³/mol. The van der Waals surface area contributed by atoms with Crippen molar-refractivity contribution in [1.82, 2.24) is 0 Å². The van der Waals surface area contributed by atoms with Crippen LogP contribution >= 0.6 is 0 Å². The van der Waals surface area contributed by atoms with E-state index in [2.05, 4.69) is 226 Å². The summed E-state index contributed by atoms with van der Waals surface area (Å²) in [6.07, 6.45) is 0. The number of para-hydroxylation sites is 2. The van der Waals surface area contributed by atoms with E-state index in [0.717, 1.165) is 166 Å². The second kappa shape index (κ2) is 18.7. The first-order valence-corrected chi connectivity index (χ1v) is 29.6. The van der Waals surface area contributed by atoms with Crippen LogP contribution in [-0.2, 0) is 0 Å². The molecular weight excluding hydrogens is 1070 g/mol. The van der Waals surface area contributed by atoms with Crippen molar-refractivity contribution in [2.75, 3.05) is 9.80 Å². The molecule has 14 aromatic rings. The maximum Gasteiger partial charge on any atom is 0.248 e. The normalized spacial score (nSPS) is 12.6. The smallest absolute Gasteiger partial charge is 0.248 e. The van der Waals surface area contributed by atoms with Crippen LogP contribution in [0.1, 0.15) is 11.1 Å². The van der Waals surface area contributed by atoms with Crippen LogP contribution in [-0.4, -0.2) is 13.4 Å². The summed E-state index contributed by atoms with van der Waals surface area (Å²) in [6, 6.07) is 95.2. The summed E-state index contributed by atoms with van der Waals surface area (Å²) >= 11 is 0. The molecule has 0 radical (unpaired) electrons. The third-order valence-electron chi connectivity index (χ3n) is 19.0. The van der Waals surface area contributed by atoms with E-state index >= 15 is 0 Å². The fourth-order valence-corrected chi connectivity index (χ4v) is 15.6. The molecule has 0 fully saturated rings. The molecule has 0 aliphatic carbocycles. The standard InChI is InChI=1S/C80H42B2N6/c1-85-51-32-34-68-72(39-51)88(54-25-13-6-14-26-54)73-37-48(46-84)35-65-61-41-59(57-29-17-15-27-55(57)49-19-7-3-8-20-49)63-44-70-76-62(66-38-52(86-2)40-74-80(66)81(70)67-33-31-47(45-83)36-71(67)87(74)53-23-11-5-12-24-53)42-60(58-30-18-16-28-56(58)50-21-9-4-10-22-50)64-43-69(82(68)79(65)73)75(61)77(63)78(64)76/h3-44H. The molecule has 0 saturated carbocycles. The average Bonchev–Trinajstić information content (AvgIpc) is 0.735. The molecule has 4 aliphatic heterocycles. The summed E-state index contributed by atoms with van der Waals surface area (Å²) in [5.74, 6) is 0. The zero-order valence-electron chi connectivity index (χ0n) is 47.1. The minimum Gasteiger partial charge on any atom is -0.313 e. The van der Waals surface area contributed by atoms with Crippen molar-refractivity contribution in [3.05, 3.63) is 289 Å². The molecule has 0 bridgehead atoms. The van der Waals surface area contributed by atoms with Gasteiger partial charge in [-0.1, -0.05) is 187 Å². The van der Waals surface area contributed by atoms with E-state index < -0.39 is 0 Å². The number of rotatable bonds is 6. The van der Waals surface area contributed by atoms with Crippen LogP contribution in [0.25, 0.3) is 109 Å². The molecule has 14 aromatic carbocycles. The minimum absolute atomic E-state index is 0.314. The zero-order valence-corrected chi connectivity index (χ0v) is 47.1. The summed E-state index contributed by atoms with van der Waals surface area (Å²) in [5, 5.41) is 28.6. The Morgan fingerprint density at radius 1 is 0.307 bits per heavy atom. The Morgan fingerprint density at radius 2 is 0.727 bits per heavy atom. The Labute approximate surface area is 509 Å². The van der Waals surface area contributed by atoms with Crippen molar-refractivity contribution < 1.29 is 0 Å². The molecule has 0 amide bonds. The van der Waals surface area contributed by atoms with Crippen molar-refractivity contribution in [2.24, 2.45) is 0 Å². The lowest BCUT2D eigenvalue weighted by Crippen LogP contribution is -2.60. The van der Waals surface area contributed by atoms with Gasteiger partial charge in [-0.25, -0.2) is 9.69 Å². The summed E-state index contributed by atoms with van der Waals surface area (Å²) in [6.45, 7) is 16.5. The number of nitrogens with zero attached hydrogens (tertiary/aromatic N) is 6. The second-order valence-corrected chi connectivity index (χ2v) is 23.3. The lowest BCUT2D eigenvalue weighted by atomic mass is 9.31. The van der Waals surface area contributed by atoms with Gasteiger partial charge in [0.1, 0.15) is 0 Å². The number of benzene rings is 14. The van der Waals surface area contributed by atoms with Crippen molar-refractivity contribution >= 4 is 124 Å². The SMILES string of the molecule is [C-]#[N+]c1ccc2c(c1)N(c1ccccc1)c1cc(C#N)cc3c1B2c1cc2c(-c4ccccc4-c4ccccc4)cc4c5c(cc6c(-c7ccccc7-c7ccccc7)cc-3c1c6c25)B1c2ccc(C#N)cc2N(c2ccccc2)c2cc([N+]#[C-])cc-4c21. The topological polar surface area (TPSA) is 62.8 Å². The van der Waals surface area contributed by atoms with Gasteiger partial charge < -0.3 is 9.80 Å². The van der Waals surface area contributed by atoms with Crippen molar-refractivity contribution in [1.29, 1.82) is 10.5 Å². The van der Waals surface area contributed by atoms with E-state index in [4.69, 9.17) is 13.1 Å². The molecule has 8 heteroatoms. The first-order chi connectivity index (χ1) is 43.5. The fraction of sp³-hybridized carbons (Fsp3) is 0. The number of fused-ring (bicyclic) bond motifs is 8. The Bertz CT molecular complexity index is 5230. The summed E-state index contributed by atoms with van der Waals surface area (Å²) in [4.78, 5) is 12.8. The van der Waals surface area contributed by atoms with Crippen molar-refractivity contribution in [2.45, 2.75) is 0 Å². The Morgan fingerprint density at radius 3 is 1.23 bits per heavy atom. The monoisotopic (exact) mass is 1110 g/mol. The Balaban J connectivity index is 1.08. The molecule has 88 heavy (non-hydrogen) atoms. The molecule has 0 aromatic heterocycles. The molecule has 0 atom stereocenters. The van der Waals surface area contributed by atoms with E-state index in [9.17, 15) is 10.5 Å². The highest BCUT2D eigenvalue weighted by atomic mass is 15.2. The van der Waals surface area contributed by atoms with Crippen LogP contribution in [0.4, 0.5) is 45.5 Å². The lowest BCUT2D eigenvalue weighted by Gasteiger charge is -2.42. The molecule has 0 N–H and O–H groups in total. The Kier molecular flexibility index (Phi) is 10.4. The predicted octanol–water partition coefficient (Wildman–Crippen LogP) is 16.7. The average molecular weight is 1110 g/mol. The molecule has 6 nitrogen and oxygen atoms in total. The first-order valence-electron chi connectivity index (χ1n) is 29.6. The van der Waals surface area contributed by atoms with Crippen LogP contribution in [0.2, 0.25) is 0 Å². The number of anilines is 6. The van der Waals surface area contributed by atoms with E-state index in [0.29, 0.717) is 22.5 Å². The molecule has 0 unspecified atom stereocenters. The highest BCUT2D eigenvalue weighted by Gasteiger charge is 2.46. The highest BCUT2D eigenvalue weighted by molar-refractivity contribution is 7.02. The van der Waals surface area contributed by atoms with Gasteiger partial charge in [0, 0.05) is 34.1 Å². The van der Waals surface area contributed by atoms with Gasteiger partial charge in [0.2, 0.25) is 13.4 Å². The second-order valence-electron chi connectivity index (χ2n) is 23.3. The molecule has 18 rings (SSSR count). The van der Waals surface area contributed by atoms with Crippen LogP contribution in [0, 0.1) is 35.8 Å². The van der Waals surface area contributed by atoms with E-state index in [1.807, 2.05) is 60.7 Å². The van der Waals surface area contributed by atoms with Crippen LogP contribution in [0.15, 0.2) is 255 Å². The van der Waals surface area contributed by atoms with Crippen LogP contribution in [0.5, 0.6) is 0 Å². The maximum absolute atomic E-state index is 11.2. The zero-order chi connectivity index (χ0) is 58.5.